The summed E-state index contributed by atoms with van der Waals surface area (Å²) in [4.78, 5) is 38.5. The van der Waals surface area contributed by atoms with Crippen molar-refractivity contribution in [3.05, 3.63) is 36.1 Å². The molecule has 2 aliphatic heterocycles. The summed E-state index contributed by atoms with van der Waals surface area (Å²) in [6, 6.07) is 8.17. The van der Waals surface area contributed by atoms with E-state index in [-0.39, 0.29) is 23.5 Å². The maximum Gasteiger partial charge on any atom is 0.241 e. The smallest absolute Gasteiger partial charge is 0.241 e. The lowest BCUT2D eigenvalue weighted by Gasteiger charge is -2.26. The molecular formula is C18H18N2O4S. The van der Waals surface area contributed by atoms with Crippen LogP contribution < -0.4 is 5.32 Å². The van der Waals surface area contributed by atoms with E-state index in [1.807, 2.05) is 24.3 Å². The molecule has 0 spiro atoms. The van der Waals surface area contributed by atoms with E-state index in [9.17, 15) is 14.4 Å². The Morgan fingerprint density at radius 3 is 2.96 bits per heavy atom. The average molecular weight is 358 g/mol. The van der Waals surface area contributed by atoms with Crippen molar-refractivity contribution in [3.63, 3.8) is 0 Å². The van der Waals surface area contributed by atoms with Crippen molar-refractivity contribution in [3.8, 4) is 0 Å². The standard InChI is InChI=1S/C18H18N2O4S/c21-9-12-5-3-7-20(12)18(23)15-17(25-10-19-15)16(22)14-8-11-4-1-2-6-13(11)24-14/h1-2,4,6,8-9,12,15,17,19H,3,5,7,10H2/t12-,15-,17?/m0/s1. The second kappa shape index (κ2) is 6.65. The summed E-state index contributed by atoms with van der Waals surface area (Å²) in [6.07, 6.45) is 2.33. The minimum Gasteiger partial charge on any atom is -0.453 e. The number of nitrogens with one attached hydrogen (secondary N) is 1. The topological polar surface area (TPSA) is 79.6 Å². The SMILES string of the molecule is O=C[C@@H]1CCCN1C(=O)[C@H]1NCSC1C(=O)c1cc2ccccc2o1. The summed E-state index contributed by atoms with van der Waals surface area (Å²) >= 11 is 1.40. The van der Waals surface area contributed by atoms with E-state index in [2.05, 4.69) is 5.32 Å². The lowest BCUT2D eigenvalue weighted by atomic mass is 10.1. The van der Waals surface area contributed by atoms with Crippen molar-refractivity contribution in [2.24, 2.45) is 0 Å². The number of rotatable bonds is 4. The summed E-state index contributed by atoms with van der Waals surface area (Å²) in [5.41, 5.74) is 0.658. The van der Waals surface area contributed by atoms with Gasteiger partial charge < -0.3 is 14.1 Å². The lowest BCUT2D eigenvalue weighted by Crippen LogP contribution is -2.51. The largest absolute Gasteiger partial charge is 0.453 e. The van der Waals surface area contributed by atoms with Gasteiger partial charge in [0.1, 0.15) is 17.9 Å². The number of hydrogen-bond donors (Lipinski definition) is 1. The highest BCUT2D eigenvalue weighted by molar-refractivity contribution is 8.00. The Labute approximate surface area is 148 Å². The third-order valence-electron chi connectivity index (χ3n) is 4.80. The molecule has 2 saturated heterocycles. The number of furan rings is 1. The maximum absolute atomic E-state index is 12.9. The molecule has 0 bridgehead atoms. The van der Waals surface area contributed by atoms with E-state index < -0.39 is 11.3 Å². The van der Waals surface area contributed by atoms with Gasteiger partial charge in [-0.1, -0.05) is 18.2 Å². The Morgan fingerprint density at radius 2 is 2.16 bits per heavy atom. The first-order chi connectivity index (χ1) is 12.2. The van der Waals surface area contributed by atoms with Crippen molar-refractivity contribution in [1.29, 1.82) is 0 Å². The van der Waals surface area contributed by atoms with E-state index in [4.69, 9.17) is 4.42 Å². The van der Waals surface area contributed by atoms with Crippen LogP contribution >= 0.6 is 11.8 Å². The molecule has 2 aromatic rings. The number of amides is 1. The van der Waals surface area contributed by atoms with E-state index >= 15 is 0 Å². The highest BCUT2D eigenvalue weighted by Gasteiger charge is 2.43. The van der Waals surface area contributed by atoms with Gasteiger partial charge in [0.15, 0.2) is 5.76 Å². The van der Waals surface area contributed by atoms with Gasteiger partial charge in [0, 0.05) is 17.8 Å². The van der Waals surface area contributed by atoms with E-state index in [1.165, 1.54) is 11.8 Å². The third kappa shape index (κ3) is 2.87. The fraction of sp³-hybridized carbons (Fsp3) is 0.389. The fourth-order valence-corrected chi connectivity index (χ4v) is 4.63. The molecule has 25 heavy (non-hydrogen) atoms. The zero-order valence-corrected chi connectivity index (χ0v) is 14.3. The normalized spacial score (nSPS) is 26.2. The molecule has 2 fully saturated rings. The number of carbonyl (C=O) groups excluding carboxylic acids is 3. The summed E-state index contributed by atoms with van der Waals surface area (Å²) in [6.45, 7) is 0.566. The van der Waals surface area contributed by atoms with Crippen molar-refractivity contribution in [2.75, 3.05) is 12.4 Å². The molecule has 1 aromatic carbocycles. The third-order valence-corrected chi connectivity index (χ3v) is 5.98. The number of nitrogens with zero attached hydrogens (tertiary/aromatic N) is 1. The molecule has 2 aliphatic rings. The Bertz CT molecular complexity index is 800. The van der Waals surface area contributed by atoms with E-state index in [1.54, 1.807) is 11.0 Å². The van der Waals surface area contributed by atoms with Gasteiger partial charge in [0.25, 0.3) is 0 Å². The molecule has 3 atom stereocenters. The molecule has 6 nitrogen and oxygen atoms in total. The molecule has 1 unspecified atom stereocenters. The lowest BCUT2D eigenvalue weighted by molar-refractivity contribution is -0.136. The molecule has 1 amide bonds. The minimum atomic E-state index is -0.619. The number of Topliss-reactive ketones (excluding diaryl/α,β-unsaturated/α-hetero) is 1. The van der Waals surface area contributed by atoms with Crippen molar-refractivity contribution < 1.29 is 18.8 Å². The second-order valence-corrected chi connectivity index (χ2v) is 7.43. The first kappa shape index (κ1) is 16.4. The summed E-state index contributed by atoms with van der Waals surface area (Å²) in [5.74, 6) is 0.432. The first-order valence-electron chi connectivity index (χ1n) is 8.32. The quantitative estimate of drug-likeness (QED) is 0.664. The first-order valence-corrected chi connectivity index (χ1v) is 9.37. The van der Waals surface area contributed by atoms with Crippen LogP contribution in [0, 0.1) is 0 Å². The predicted octanol–water partition coefficient (Wildman–Crippen LogP) is 1.84. The molecule has 3 heterocycles. The molecule has 1 aromatic heterocycles. The van der Waals surface area contributed by atoms with Crippen LogP contribution in [0.15, 0.2) is 34.7 Å². The summed E-state index contributed by atoms with van der Waals surface area (Å²) in [7, 11) is 0. The summed E-state index contributed by atoms with van der Waals surface area (Å²) in [5, 5.41) is 3.43. The Kier molecular flexibility index (Phi) is 4.35. The maximum atomic E-state index is 12.9. The van der Waals surface area contributed by atoms with Gasteiger partial charge in [-0.05, 0) is 25.0 Å². The van der Waals surface area contributed by atoms with Crippen molar-refractivity contribution >= 4 is 40.7 Å². The zero-order chi connectivity index (χ0) is 17.4. The van der Waals surface area contributed by atoms with Gasteiger partial charge in [-0.2, -0.15) is 0 Å². The van der Waals surface area contributed by atoms with Gasteiger partial charge in [0.05, 0.1) is 11.3 Å². The van der Waals surface area contributed by atoms with Gasteiger partial charge in [-0.25, -0.2) is 0 Å². The molecular weight excluding hydrogens is 340 g/mol. The number of thioether (sulfide) groups is 1. The molecule has 7 heteroatoms. The molecule has 0 saturated carbocycles. The van der Waals surface area contributed by atoms with Crippen LogP contribution in [0.4, 0.5) is 0 Å². The number of aldehydes is 1. The van der Waals surface area contributed by atoms with Crippen molar-refractivity contribution in [1.82, 2.24) is 10.2 Å². The van der Waals surface area contributed by atoms with E-state index in [0.29, 0.717) is 24.4 Å². The molecule has 0 radical (unpaired) electrons. The van der Waals surface area contributed by atoms with Crippen LogP contribution in [-0.2, 0) is 9.59 Å². The monoisotopic (exact) mass is 358 g/mol. The Morgan fingerprint density at radius 1 is 1.32 bits per heavy atom. The number of hydrogen-bond acceptors (Lipinski definition) is 6. The van der Waals surface area contributed by atoms with Crippen molar-refractivity contribution in [2.45, 2.75) is 30.2 Å². The van der Waals surface area contributed by atoms with Crippen LogP contribution in [0.3, 0.4) is 0 Å². The van der Waals surface area contributed by atoms with Crippen LogP contribution in [0.2, 0.25) is 0 Å². The Balaban J connectivity index is 1.57. The van der Waals surface area contributed by atoms with Crippen LogP contribution in [-0.4, -0.2) is 52.6 Å². The highest BCUT2D eigenvalue weighted by Crippen LogP contribution is 2.30. The molecule has 130 valence electrons. The number of likely N-dealkylation sites (tertiary alicyclic amines) is 1. The Hall–Kier alpha value is -2.12. The van der Waals surface area contributed by atoms with Gasteiger partial charge in [-0.3, -0.25) is 14.9 Å². The van der Waals surface area contributed by atoms with Gasteiger partial charge in [-0.15, -0.1) is 11.8 Å². The zero-order valence-electron chi connectivity index (χ0n) is 13.5. The molecule has 1 N–H and O–H groups in total. The van der Waals surface area contributed by atoms with Gasteiger partial charge >= 0.3 is 0 Å². The van der Waals surface area contributed by atoms with E-state index in [0.717, 1.165) is 18.1 Å². The van der Waals surface area contributed by atoms with Crippen LogP contribution in [0.1, 0.15) is 23.4 Å². The number of para-hydroxylation sites is 1. The fourth-order valence-electron chi connectivity index (χ4n) is 3.50. The summed E-state index contributed by atoms with van der Waals surface area (Å²) < 4.78 is 5.67. The van der Waals surface area contributed by atoms with Gasteiger partial charge in [0.2, 0.25) is 11.7 Å². The molecule has 0 aliphatic carbocycles. The number of ketones is 1. The minimum absolute atomic E-state index is 0.172. The number of fused-ring (bicyclic) bond motifs is 1. The second-order valence-electron chi connectivity index (χ2n) is 6.30. The number of benzene rings is 1. The molecule has 4 rings (SSSR count). The number of carbonyl (C=O) groups is 3. The predicted molar refractivity (Wildman–Crippen MR) is 94.5 cm³/mol. The van der Waals surface area contributed by atoms with Crippen LogP contribution in [0.5, 0.6) is 0 Å². The highest BCUT2D eigenvalue weighted by atomic mass is 32.2. The van der Waals surface area contributed by atoms with Crippen LogP contribution in [0.25, 0.3) is 11.0 Å². The average Bonchev–Trinajstić information content (AvgIpc) is 3.38.